The lowest BCUT2D eigenvalue weighted by Gasteiger charge is -2.28. The maximum atomic E-state index is 12.7. The zero-order chi connectivity index (χ0) is 32.5. The largest absolute Gasteiger partial charge is 0.378 e. The van der Waals surface area contributed by atoms with E-state index in [0.717, 1.165) is 57.8 Å². The van der Waals surface area contributed by atoms with Gasteiger partial charge in [0, 0.05) is 80.9 Å². The average Bonchev–Trinajstić information content (AvgIpc) is 3.32. The summed E-state index contributed by atoms with van der Waals surface area (Å²) < 4.78 is 5.56. The van der Waals surface area contributed by atoms with Gasteiger partial charge in [-0.25, -0.2) is 4.79 Å². The van der Waals surface area contributed by atoms with Crippen molar-refractivity contribution in [3.63, 3.8) is 0 Å². The Morgan fingerprint density at radius 3 is 2.02 bits per heavy atom. The molecule has 0 saturated carbocycles. The van der Waals surface area contributed by atoms with Crippen LogP contribution in [-0.4, -0.2) is 122 Å². The molecule has 0 atom stereocenters. The Labute approximate surface area is 271 Å². The van der Waals surface area contributed by atoms with Gasteiger partial charge in [0.1, 0.15) is 0 Å². The number of benzene rings is 2. The van der Waals surface area contributed by atoms with Crippen LogP contribution in [0.2, 0.25) is 0 Å². The molecule has 1 aromatic heterocycles. The number of rotatable bonds is 10. The fourth-order valence-corrected chi connectivity index (χ4v) is 5.38. The molecule has 2 saturated heterocycles. The third-order valence-corrected chi connectivity index (χ3v) is 8.10. The van der Waals surface area contributed by atoms with Crippen molar-refractivity contribution >= 4 is 35.2 Å². The Morgan fingerprint density at radius 1 is 0.804 bits per heavy atom. The predicted molar refractivity (Wildman–Crippen MR) is 182 cm³/mol. The van der Waals surface area contributed by atoms with Crippen LogP contribution in [0.4, 0.5) is 28.1 Å². The van der Waals surface area contributed by atoms with E-state index in [2.05, 4.69) is 44.5 Å². The van der Waals surface area contributed by atoms with Crippen LogP contribution < -0.4 is 25.8 Å². The molecule has 13 nitrogen and oxygen atoms in total. The summed E-state index contributed by atoms with van der Waals surface area (Å²) in [6.45, 7) is 12.3. The zero-order valence-electron chi connectivity index (χ0n) is 27.3. The van der Waals surface area contributed by atoms with Gasteiger partial charge < -0.3 is 35.4 Å². The van der Waals surface area contributed by atoms with E-state index >= 15 is 0 Å². The van der Waals surface area contributed by atoms with Crippen LogP contribution in [0.15, 0.2) is 48.5 Å². The molecule has 3 N–H and O–H groups in total. The zero-order valence-corrected chi connectivity index (χ0v) is 27.3. The molecule has 0 aliphatic carbocycles. The minimum atomic E-state index is -0.385. The van der Waals surface area contributed by atoms with Gasteiger partial charge in [0.25, 0.3) is 5.91 Å². The first kappa shape index (κ1) is 33.0. The van der Waals surface area contributed by atoms with Crippen molar-refractivity contribution < 1.29 is 14.3 Å². The number of anilines is 4. The Morgan fingerprint density at radius 2 is 1.41 bits per heavy atom. The molecular weight excluding hydrogens is 584 g/mol. The molecular formula is C33H46N10O3. The van der Waals surface area contributed by atoms with Crippen molar-refractivity contribution in [2.75, 3.05) is 100 Å². The number of hydrogen-bond acceptors (Lipinski definition) is 10. The van der Waals surface area contributed by atoms with Crippen molar-refractivity contribution in [3.8, 4) is 11.4 Å². The molecule has 2 aliphatic rings. The second-order valence-corrected chi connectivity index (χ2v) is 12.1. The highest BCUT2D eigenvalue weighted by Gasteiger charge is 2.23. The van der Waals surface area contributed by atoms with E-state index in [9.17, 15) is 9.59 Å². The Bertz CT molecular complexity index is 1440. The predicted octanol–water partition coefficient (Wildman–Crippen LogP) is 3.23. The maximum absolute atomic E-state index is 12.7. The molecule has 0 radical (unpaired) electrons. The van der Waals surface area contributed by atoms with Gasteiger partial charge in [0.2, 0.25) is 11.9 Å². The number of likely N-dealkylation sites (N-methyl/N-ethyl adjacent to an activating group) is 1. The summed E-state index contributed by atoms with van der Waals surface area (Å²) in [6, 6.07) is 14.4. The van der Waals surface area contributed by atoms with Crippen molar-refractivity contribution in [3.05, 3.63) is 54.1 Å². The van der Waals surface area contributed by atoms with Crippen LogP contribution >= 0.6 is 0 Å². The Balaban J connectivity index is 1.24. The van der Waals surface area contributed by atoms with Gasteiger partial charge in [-0.15, -0.1) is 0 Å². The Hall–Kier alpha value is -4.33. The van der Waals surface area contributed by atoms with Crippen molar-refractivity contribution in [1.82, 2.24) is 30.1 Å². The third kappa shape index (κ3) is 9.12. The van der Waals surface area contributed by atoms with E-state index in [4.69, 9.17) is 19.7 Å². The number of carbonyl (C=O) groups excluding carboxylic acids is 2. The molecule has 2 fully saturated rings. The number of hydrogen-bond donors (Lipinski definition) is 3. The van der Waals surface area contributed by atoms with Crippen molar-refractivity contribution in [2.45, 2.75) is 26.3 Å². The van der Waals surface area contributed by atoms with Crippen LogP contribution in [0.25, 0.3) is 11.4 Å². The van der Waals surface area contributed by atoms with Crippen LogP contribution in [0, 0.1) is 0 Å². The summed E-state index contributed by atoms with van der Waals surface area (Å²) in [5, 5.41) is 8.57. The van der Waals surface area contributed by atoms with Crippen LogP contribution in [0.1, 0.15) is 30.6 Å². The molecule has 13 heteroatoms. The number of carbonyl (C=O) groups is 2. The highest BCUT2D eigenvalue weighted by atomic mass is 16.5. The van der Waals surface area contributed by atoms with E-state index in [1.807, 2.05) is 43.3 Å². The molecule has 0 spiro atoms. The molecule has 0 unspecified atom stereocenters. The van der Waals surface area contributed by atoms with E-state index in [1.165, 1.54) is 0 Å². The number of nitrogens with zero attached hydrogens (tertiary/aromatic N) is 7. The van der Waals surface area contributed by atoms with E-state index < -0.39 is 0 Å². The molecule has 246 valence electrons. The second-order valence-electron chi connectivity index (χ2n) is 12.1. The van der Waals surface area contributed by atoms with Crippen LogP contribution in [0.5, 0.6) is 0 Å². The molecule has 3 amide bonds. The van der Waals surface area contributed by atoms with Gasteiger partial charge in [0.05, 0.1) is 13.2 Å². The fraction of sp³-hybridized carbons (Fsp3) is 0.485. The highest BCUT2D eigenvalue weighted by molar-refractivity contribution is 6.00. The van der Waals surface area contributed by atoms with Crippen molar-refractivity contribution in [1.29, 1.82) is 0 Å². The second kappa shape index (κ2) is 15.8. The lowest BCUT2D eigenvalue weighted by Crippen LogP contribution is -2.38. The maximum Gasteiger partial charge on any atom is 0.323 e. The summed E-state index contributed by atoms with van der Waals surface area (Å²) >= 11 is 0. The molecule has 46 heavy (non-hydrogen) atoms. The van der Waals surface area contributed by atoms with Gasteiger partial charge >= 0.3 is 6.03 Å². The monoisotopic (exact) mass is 630 g/mol. The SMILES string of the molecule is CC(C)N1CCCN(c2nc(-c3ccc(NC(=O)Nc4ccc(C(=O)NCCN(C)C)cc4)cc3)nc(N3CCOCC3)n2)CC1. The number of ether oxygens (including phenoxy) is 1. The Kier molecular flexibility index (Phi) is 11.3. The van der Waals surface area contributed by atoms with Gasteiger partial charge in [-0.1, -0.05) is 0 Å². The van der Waals surface area contributed by atoms with E-state index in [1.54, 1.807) is 24.3 Å². The standard InChI is InChI=1S/C33H46N10O3/c1-24(2)41-15-5-16-42(19-18-41)31-37-29(38-32(39-31)43-20-22-46-23-21-43)25-6-10-27(11-7-25)35-33(45)36-28-12-8-26(9-13-28)30(44)34-14-17-40(3)4/h6-13,24H,5,14-23H2,1-4H3,(H,34,44)(H2,35,36,45). The number of nitrogens with one attached hydrogen (secondary N) is 3. The summed E-state index contributed by atoms with van der Waals surface area (Å²) in [4.78, 5) is 48.7. The fourth-order valence-electron chi connectivity index (χ4n) is 5.38. The topological polar surface area (TPSA) is 131 Å². The third-order valence-electron chi connectivity index (χ3n) is 8.10. The molecule has 0 bridgehead atoms. The highest BCUT2D eigenvalue weighted by Crippen LogP contribution is 2.25. The molecule has 2 aliphatic heterocycles. The van der Waals surface area contributed by atoms with Crippen LogP contribution in [-0.2, 0) is 4.74 Å². The number of amides is 3. The first-order valence-electron chi connectivity index (χ1n) is 16.0. The molecule has 3 heterocycles. The lowest BCUT2D eigenvalue weighted by molar-refractivity contribution is 0.0951. The lowest BCUT2D eigenvalue weighted by atomic mass is 10.2. The first-order chi connectivity index (χ1) is 22.2. The van der Waals surface area contributed by atoms with Crippen molar-refractivity contribution in [2.24, 2.45) is 0 Å². The minimum Gasteiger partial charge on any atom is -0.378 e. The summed E-state index contributed by atoms with van der Waals surface area (Å²) in [5.41, 5.74) is 2.58. The summed E-state index contributed by atoms with van der Waals surface area (Å²) in [7, 11) is 3.91. The minimum absolute atomic E-state index is 0.149. The number of urea groups is 1. The number of aromatic nitrogens is 3. The summed E-state index contributed by atoms with van der Waals surface area (Å²) in [5.74, 6) is 1.80. The smallest absolute Gasteiger partial charge is 0.323 e. The quantitative estimate of drug-likeness (QED) is 0.307. The molecule has 3 aromatic rings. The van der Waals surface area contributed by atoms with Gasteiger partial charge in [-0.3, -0.25) is 9.69 Å². The summed E-state index contributed by atoms with van der Waals surface area (Å²) in [6.07, 6.45) is 1.05. The molecule has 5 rings (SSSR count). The van der Waals surface area contributed by atoms with Gasteiger partial charge in [-0.05, 0) is 82.9 Å². The first-order valence-corrected chi connectivity index (χ1v) is 16.0. The van der Waals surface area contributed by atoms with E-state index in [0.29, 0.717) is 60.5 Å². The molecule has 2 aromatic carbocycles. The normalized spacial score (nSPS) is 16.0. The van der Waals surface area contributed by atoms with E-state index in [-0.39, 0.29) is 11.9 Å². The van der Waals surface area contributed by atoms with Crippen LogP contribution in [0.3, 0.4) is 0 Å². The number of morpholine rings is 1. The van der Waals surface area contributed by atoms with Gasteiger partial charge in [-0.2, -0.15) is 15.0 Å². The average molecular weight is 631 g/mol. The van der Waals surface area contributed by atoms with Gasteiger partial charge in [0.15, 0.2) is 5.82 Å².